The zero-order valence-corrected chi connectivity index (χ0v) is 14.9. The molecule has 1 aromatic carbocycles. The number of ether oxygens (including phenoxy) is 1. The first-order valence-electron chi connectivity index (χ1n) is 8.57. The number of amides is 4. The molecule has 1 heterocycles. The number of nitrogens with one attached hydrogen (secondary N) is 3. The molecule has 0 saturated carbocycles. The number of halogens is 3. The van der Waals surface area contributed by atoms with E-state index in [0.29, 0.717) is 31.5 Å². The number of hydrogen-bond donors (Lipinski definition) is 3. The van der Waals surface area contributed by atoms with Crippen LogP contribution in [0.4, 0.5) is 22.8 Å². The first kappa shape index (κ1) is 20.7. The van der Waals surface area contributed by atoms with Gasteiger partial charge in [0, 0.05) is 38.3 Å². The van der Waals surface area contributed by atoms with Gasteiger partial charge in [0.25, 0.3) is 0 Å². The Hall–Kier alpha value is -2.65. The highest BCUT2D eigenvalue weighted by molar-refractivity contribution is 5.75. The van der Waals surface area contributed by atoms with Gasteiger partial charge in [0.05, 0.1) is 0 Å². The molecule has 150 valence electrons. The van der Waals surface area contributed by atoms with Gasteiger partial charge in [-0.05, 0) is 18.9 Å². The maximum atomic E-state index is 12.3. The first-order valence-corrected chi connectivity index (χ1v) is 8.57. The molecule has 0 unspecified atom stereocenters. The Labute approximate surface area is 155 Å². The van der Waals surface area contributed by atoms with Crippen molar-refractivity contribution < 1.29 is 27.5 Å². The van der Waals surface area contributed by atoms with E-state index in [1.165, 1.54) is 13.1 Å². The number of piperidine rings is 1. The van der Waals surface area contributed by atoms with Crippen LogP contribution in [0.25, 0.3) is 0 Å². The molecule has 0 aromatic heterocycles. The first-order chi connectivity index (χ1) is 12.8. The minimum atomic E-state index is -4.43. The largest absolute Gasteiger partial charge is 0.484 e. The molecule has 27 heavy (non-hydrogen) atoms. The number of likely N-dealkylation sites (tertiary alicyclic amines) is 1. The van der Waals surface area contributed by atoms with Gasteiger partial charge in [-0.2, -0.15) is 13.2 Å². The quantitative estimate of drug-likeness (QED) is 0.724. The molecule has 1 fully saturated rings. The Kier molecular flexibility index (Phi) is 7.14. The summed E-state index contributed by atoms with van der Waals surface area (Å²) >= 11 is 0. The predicted octanol–water partition coefficient (Wildman–Crippen LogP) is 2.23. The van der Waals surface area contributed by atoms with E-state index in [2.05, 4.69) is 16.0 Å². The molecule has 0 radical (unpaired) electrons. The molecule has 1 aromatic rings. The molecule has 0 spiro atoms. The number of rotatable bonds is 5. The molecule has 0 aliphatic carbocycles. The van der Waals surface area contributed by atoms with E-state index in [0.717, 1.165) is 0 Å². The van der Waals surface area contributed by atoms with Gasteiger partial charge in [0.2, 0.25) is 0 Å². The van der Waals surface area contributed by atoms with Crippen molar-refractivity contribution in [1.82, 2.24) is 20.9 Å². The number of benzene rings is 1. The monoisotopic (exact) mass is 388 g/mol. The van der Waals surface area contributed by atoms with Gasteiger partial charge in [-0.25, -0.2) is 9.59 Å². The summed E-state index contributed by atoms with van der Waals surface area (Å²) < 4.78 is 41.8. The van der Waals surface area contributed by atoms with Crippen LogP contribution in [0.1, 0.15) is 18.4 Å². The van der Waals surface area contributed by atoms with Crippen molar-refractivity contribution in [3.05, 3.63) is 29.8 Å². The molecule has 0 bridgehead atoms. The van der Waals surface area contributed by atoms with Crippen LogP contribution in [0.3, 0.4) is 0 Å². The molecule has 4 amide bonds. The SMILES string of the molecule is CNC(=O)NC1CCN(C(=O)NCc2ccccc2OCC(F)(F)F)CC1. The van der Waals surface area contributed by atoms with Crippen molar-refractivity contribution in [3.8, 4) is 5.75 Å². The van der Waals surface area contributed by atoms with Gasteiger partial charge >= 0.3 is 18.2 Å². The third-order valence-electron chi connectivity index (χ3n) is 4.14. The van der Waals surface area contributed by atoms with Crippen molar-refractivity contribution >= 4 is 12.1 Å². The molecule has 10 heteroatoms. The maximum Gasteiger partial charge on any atom is 0.422 e. The normalized spacial score (nSPS) is 15.2. The van der Waals surface area contributed by atoms with E-state index < -0.39 is 12.8 Å². The summed E-state index contributed by atoms with van der Waals surface area (Å²) in [6.07, 6.45) is -3.17. The fraction of sp³-hybridized carbons (Fsp3) is 0.529. The fourth-order valence-electron chi connectivity index (χ4n) is 2.72. The summed E-state index contributed by atoms with van der Waals surface area (Å²) in [6.45, 7) is -0.369. The second-order valence-corrected chi connectivity index (χ2v) is 6.16. The molecular weight excluding hydrogens is 365 g/mol. The summed E-state index contributed by atoms with van der Waals surface area (Å²) in [7, 11) is 1.54. The van der Waals surface area contributed by atoms with Crippen LogP contribution in [0.2, 0.25) is 0 Å². The van der Waals surface area contributed by atoms with Gasteiger partial charge in [0.1, 0.15) is 5.75 Å². The number of urea groups is 2. The van der Waals surface area contributed by atoms with Crippen molar-refractivity contribution in [2.24, 2.45) is 0 Å². The highest BCUT2D eigenvalue weighted by Crippen LogP contribution is 2.22. The molecule has 1 aliphatic heterocycles. The minimum absolute atomic E-state index is 0.00509. The number of hydrogen-bond acceptors (Lipinski definition) is 3. The van der Waals surface area contributed by atoms with E-state index in [9.17, 15) is 22.8 Å². The average Bonchev–Trinajstić information content (AvgIpc) is 2.65. The number of nitrogens with zero attached hydrogens (tertiary/aromatic N) is 1. The summed E-state index contributed by atoms with van der Waals surface area (Å²) in [6, 6.07) is 5.71. The predicted molar refractivity (Wildman–Crippen MR) is 92.4 cm³/mol. The van der Waals surface area contributed by atoms with Gasteiger partial charge in [-0.3, -0.25) is 0 Å². The lowest BCUT2D eigenvalue weighted by Crippen LogP contribution is -2.50. The lowest BCUT2D eigenvalue weighted by Gasteiger charge is -2.32. The van der Waals surface area contributed by atoms with Crippen LogP contribution in [0, 0.1) is 0 Å². The van der Waals surface area contributed by atoms with Crippen LogP contribution >= 0.6 is 0 Å². The number of carbonyl (C=O) groups excluding carboxylic acids is 2. The van der Waals surface area contributed by atoms with Crippen molar-refractivity contribution in [2.45, 2.75) is 31.6 Å². The third kappa shape index (κ3) is 6.87. The summed E-state index contributed by atoms with van der Waals surface area (Å²) in [5.74, 6) is 0.0867. The zero-order valence-electron chi connectivity index (χ0n) is 14.9. The molecular formula is C17H23F3N4O3. The average molecular weight is 388 g/mol. The molecule has 7 nitrogen and oxygen atoms in total. The fourth-order valence-corrected chi connectivity index (χ4v) is 2.72. The Morgan fingerprint density at radius 1 is 1.22 bits per heavy atom. The second kappa shape index (κ2) is 9.33. The van der Waals surface area contributed by atoms with Crippen LogP contribution in [0.5, 0.6) is 5.75 Å². The lowest BCUT2D eigenvalue weighted by atomic mass is 10.1. The summed E-state index contributed by atoms with van der Waals surface area (Å²) in [5.41, 5.74) is 0.464. The number of carbonyl (C=O) groups is 2. The van der Waals surface area contributed by atoms with E-state index in [-0.39, 0.29) is 30.4 Å². The van der Waals surface area contributed by atoms with Crippen molar-refractivity contribution in [2.75, 3.05) is 26.7 Å². The van der Waals surface area contributed by atoms with Gasteiger partial charge in [0.15, 0.2) is 6.61 Å². The van der Waals surface area contributed by atoms with E-state index >= 15 is 0 Å². The van der Waals surface area contributed by atoms with Gasteiger partial charge in [-0.1, -0.05) is 18.2 Å². The summed E-state index contributed by atoms with van der Waals surface area (Å²) in [5, 5.41) is 7.99. The molecule has 1 saturated heterocycles. The Morgan fingerprint density at radius 3 is 2.52 bits per heavy atom. The molecule has 1 aliphatic rings. The van der Waals surface area contributed by atoms with Crippen molar-refractivity contribution in [1.29, 1.82) is 0 Å². The molecule has 3 N–H and O–H groups in total. The molecule has 0 atom stereocenters. The smallest absolute Gasteiger partial charge is 0.422 e. The van der Waals surface area contributed by atoms with E-state index in [4.69, 9.17) is 4.74 Å². The Bertz CT molecular complexity index is 647. The summed E-state index contributed by atoms with van der Waals surface area (Å²) in [4.78, 5) is 25.2. The van der Waals surface area contributed by atoms with Crippen LogP contribution in [-0.2, 0) is 6.54 Å². The number of alkyl halides is 3. The topological polar surface area (TPSA) is 82.7 Å². The lowest BCUT2D eigenvalue weighted by molar-refractivity contribution is -0.153. The van der Waals surface area contributed by atoms with Crippen LogP contribution in [-0.4, -0.2) is 55.9 Å². The second-order valence-electron chi connectivity index (χ2n) is 6.16. The Morgan fingerprint density at radius 2 is 1.89 bits per heavy atom. The standard InChI is InChI=1S/C17H23F3N4O3/c1-21-15(25)23-13-6-8-24(9-7-13)16(26)22-10-12-4-2-3-5-14(12)27-11-17(18,19)20/h2-5,13H,6-11H2,1H3,(H,22,26)(H2,21,23,25). The highest BCUT2D eigenvalue weighted by Gasteiger charge is 2.29. The zero-order chi connectivity index (χ0) is 19.9. The minimum Gasteiger partial charge on any atom is -0.484 e. The highest BCUT2D eigenvalue weighted by atomic mass is 19.4. The maximum absolute atomic E-state index is 12.3. The van der Waals surface area contributed by atoms with E-state index in [1.54, 1.807) is 23.1 Å². The number of para-hydroxylation sites is 1. The van der Waals surface area contributed by atoms with Crippen LogP contribution < -0.4 is 20.7 Å². The van der Waals surface area contributed by atoms with Gasteiger partial charge in [-0.15, -0.1) is 0 Å². The van der Waals surface area contributed by atoms with E-state index in [1.807, 2.05) is 0 Å². The Balaban J connectivity index is 1.82. The van der Waals surface area contributed by atoms with Crippen LogP contribution in [0.15, 0.2) is 24.3 Å². The van der Waals surface area contributed by atoms with Gasteiger partial charge < -0.3 is 25.6 Å². The molecule has 2 rings (SSSR count). The van der Waals surface area contributed by atoms with Crippen molar-refractivity contribution in [3.63, 3.8) is 0 Å². The third-order valence-corrected chi connectivity index (χ3v) is 4.14.